The SMILES string of the molecule is CCN1CC[C@H](N2CC3(CCN(c4ccc(C(=O)NS(=O)(=O)c5cc6c(c([N+](=O)[O-])c5)N[C@@H](C5CCC(C)(O)CC5)CO6)c(Oc5cnc6[nH]cc(F)c6c5)c4)CC3)C2)[C@H](c2ccccc2C(C)C)C1. The molecule has 2 aromatic heterocycles. The molecule has 1 aliphatic carbocycles. The van der Waals surface area contributed by atoms with Crippen LogP contribution in [0.15, 0.2) is 78.0 Å². The van der Waals surface area contributed by atoms with Crippen LogP contribution in [0.5, 0.6) is 17.2 Å². The Hall–Kier alpha value is -5.82. The Bertz CT molecular complexity index is 2900. The number of nitrogens with zero attached hydrogens (tertiary/aromatic N) is 5. The molecule has 6 heterocycles. The van der Waals surface area contributed by atoms with Crippen LogP contribution in [0.2, 0.25) is 0 Å². The molecule has 4 N–H and O–H groups in total. The summed E-state index contributed by atoms with van der Waals surface area (Å²) in [5.41, 5.74) is 2.84. The zero-order valence-electron chi connectivity index (χ0n) is 40.2. The fraction of sp³-hybridized carbons (Fsp3) is 0.500. The number of sulfonamides is 1. The van der Waals surface area contributed by atoms with E-state index in [0.29, 0.717) is 49.2 Å². The first kappa shape index (κ1) is 47.8. The molecule has 5 aliphatic rings. The highest BCUT2D eigenvalue weighted by atomic mass is 32.2. The number of aromatic nitrogens is 2. The number of piperidine rings is 2. The van der Waals surface area contributed by atoms with E-state index in [2.05, 4.69) is 79.7 Å². The molecule has 0 unspecified atom stereocenters. The summed E-state index contributed by atoms with van der Waals surface area (Å²) in [6.45, 7) is 15.6. The number of aliphatic hydroxyl groups is 1. The summed E-state index contributed by atoms with van der Waals surface area (Å²) in [6.07, 6.45) is 8.23. The van der Waals surface area contributed by atoms with Gasteiger partial charge in [-0.1, -0.05) is 45.0 Å². The van der Waals surface area contributed by atoms with Gasteiger partial charge in [0.2, 0.25) is 0 Å². The lowest BCUT2D eigenvalue weighted by molar-refractivity contribution is -0.384. The number of likely N-dealkylation sites (N-methyl/N-ethyl adjacent to an activating group) is 1. The van der Waals surface area contributed by atoms with E-state index in [1.807, 2.05) is 0 Å². The number of anilines is 2. The summed E-state index contributed by atoms with van der Waals surface area (Å²) in [6, 6.07) is 17.7. The third-order valence-corrected chi connectivity index (χ3v) is 17.3. The molecule has 5 aromatic rings. The number of fused-ring (bicyclic) bond motifs is 2. The van der Waals surface area contributed by atoms with E-state index < -0.39 is 42.9 Å². The van der Waals surface area contributed by atoms with Crippen molar-refractivity contribution in [3.05, 3.63) is 106 Å². The van der Waals surface area contributed by atoms with Crippen LogP contribution >= 0.6 is 0 Å². The number of rotatable bonds is 12. The number of amides is 1. The topological polar surface area (TPSA) is 195 Å². The van der Waals surface area contributed by atoms with Gasteiger partial charge < -0.3 is 34.7 Å². The van der Waals surface area contributed by atoms with Gasteiger partial charge in [0.1, 0.15) is 29.6 Å². The number of nitro benzene ring substituents is 1. The summed E-state index contributed by atoms with van der Waals surface area (Å²) in [5.74, 6) is -0.481. The zero-order valence-corrected chi connectivity index (χ0v) is 41.1. The predicted molar refractivity (Wildman–Crippen MR) is 265 cm³/mol. The van der Waals surface area contributed by atoms with Gasteiger partial charge in [-0.2, -0.15) is 0 Å². The van der Waals surface area contributed by atoms with Crippen LogP contribution in [-0.4, -0.2) is 114 Å². The molecule has 3 saturated heterocycles. The predicted octanol–water partition coefficient (Wildman–Crippen LogP) is 8.54. The van der Waals surface area contributed by atoms with Crippen LogP contribution in [0.3, 0.4) is 0 Å². The minimum absolute atomic E-state index is 0.0164. The second-order valence-electron chi connectivity index (χ2n) is 20.9. The van der Waals surface area contributed by atoms with E-state index in [4.69, 9.17) is 9.47 Å². The number of halogens is 1. The van der Waals surface area contributed by atoms with Gasteiger partial charge in [-0.25, -0.2) is 22.5 Å². The number of hydrogen-bond donors (Lipinski definition) is 4. The number of likely N-dealkylation sites (tertiary alicyclic amines) is 2. The second kappa shape index (κ2) is 18.7. The Balaban J connectivity index is 0.864. The first-order valence-electron chi connectivity index (χ1n) is 24.7. The number of nitrogens with one attached hydrogen (secondary N) is 3. The van der Waals surface area contributed by atoms with Gasteiger partial charge in [0.15, 0.2) is 11.4 Å². The van der Waals surface area contributed by atoms with Crippen molar-refractivity contribution in [1.82, 2.24) is 24.5 Å². The molecule has 3 aromatic carbocycles. The summed E-state index contributed by atoms with van der Waals surface area (Å²) in [5, 5.41) is 26.3. The normalized spacial score (nSPS) is 24.9. The van der Waals surface area contributed by atoms with Crippen molar-refractivity contribution in [2.24, 2.45) is 11.3 Å². The Morgan fingerprint density at radius 3 is 2.54 bits per heavy atom. The number of ether oxygens (including phenoxy) is 2. The lowest BCUT2D eigenvalue weighted by atomic mass is 9.69. The molecule has 1 spiro atoms. The fourth-order valence-electron chi connectivity index (χ4n) is 11.8. The maximum atomic E-state index is 14.7. The van der Waals surface area contributed by atoms with Gasteiger partial charge in [0, 0.05) is 74.8 Å². The molecule has 4 aliphatic heterocycles. The van der Waals surface area contributed by atoms with Crippen molar-refractivity contribution >= 4 is 44.0 Å². The highest BCUT2D eigenvalue weighted by Gasteiger charge is 2.49. The fourth-order valence-corrected chi connectivity index (χ4v) is 12.8. The van der Waals surface area contributed by atoms with Gasteiger partial charge in [0.05, 0.1) is 38.6 Å². The largest absolute Gasteiger partial charge is 0.489 e. The van der Waals surface area contributed by atoms with E-state index in [-0.39, 0.29) is 57.9 Å². The molecule has 4 fully saturated rings. The average molecular weight is 979 g/mol. The number of carbonyl (C=O) groups is 1. The summed E-state index contributed by atoms with van der Waals surface area (Å²) < 4.78 is 57.1. The molecule has 0 bridgehead atoms. The smallest absolute Gasteiger partial charge is 0.297 e. The number of benzene rings is 3. The second-order valence-corrected chi connectivity index (χ2v) is 22.6. The van der Waals surface area contributed by atoms with Crippen molar-refractivity contribution in [1.29, 1.82) is 0 Å². The Kier molecular flexibility index (Phi) is 12.8. The van der Waals surface area contributed by atoms with Crippen molar-refractivity contribution in [2.75, 3.05) is 62.6 Å². The summed E-state index contributed by atoms with van der Waals surface area (Å²) >= 11 is 0. The maximum absolute atomic E-state index is 14.7. The third kappa shape index (κ3) is 9.42. The minimum Gasteiger partial charge on any atom is -0.489 e. The van der Waals surface area contributed by atoms with Crippen molar-refractivity contribution in [3.8, 4) is 17.2 Å². The van der Waals surface area contributed by atoms with Crippen LogP contribution < -0.4 is 24.4 Å². The third-order valence-electron chi connectivity index (χ3n) is 16.0. The van der Waals surface area contributed by atoms with Gasteiger partial charge >= 0.3 is 0 Å². The van der Waals surface area contributed by atoms with Gasteiger partial charge in [-0.15, -0.1) is 0 Å². The molecule has 70 heavy (non-hydrogen) atoms. The first-order chi connectivity index (χ1) is 33.5. The quantitative estimate of drug-likeness (QED) is 0.0687. The highest BCUT2D eigenvalue weighted by Crippen LogP contribution is 2.48. The van der Waals surface area contributed by atoms with Gasteiger partial charge in [0.25, 0.3) is 21.6 Å². The maximum Gasteiger partial charge on any atom is 0.297 e. The molecule has 0 radical (unpaired) electrons. The standard InChI is InChI=1S/C52H63FN8O8S/c1-5-58-19-14-44(41(28-58)38-9-7-6-8-37(38)32(2)3)60-30-52(31-60)17-20-59(21-18-52)34-10-11-39(46(22-34)69-35-23-40-42(53)27-55-49(40)54-26-35)50(62)57-70(66,67)36-24-45(61(64)65)48-47(25-36)68-29-43(56-48)33-12-15-51(4,63)16-13-33/h6-11,22-27,32-33,41,43-44,56,63H,5,12-21,28-31H2,1-4H3,(H,54,55)(H,57,62)/t33?,41-,43+,44-,51?/m0/s1. The number of hydrogen-bond acceptors (Lipinski definition) is 13. The Morgan fingerprint density at radius 1 is 1.06 bits per heavy atom. The van der Waals surface area contributed by atoms with E-state index in [1.54, 1.807) is 19.1 Å². The van der Waals surface area contributed by atoms with Gasteiger partial charge in [-0.3, -0.25) is 19.8 Å². The number of H-pyrrole nitrogens is 1. The van der Waals surface area contributed by atoms with Crippen LogP contribution in [0, 0.1) is 27.3 Å². The van der Waals surface area contributed by atoms with Crippen molar-refractivity contribution < 1.29 is 37.1 Å². The van der Waals surface area contributed by atoms with Crippen molar-refractivity contribution in [2.45, 2.75) is 107 Å². The van der Waals surface area contributed by atoms with E-state index in [0.717, 1.165) is 76.8 Å². The molecule has 18 heteroatoms. The minimum atomic E-state index is -4.72. The van der Waals surface area contributed by atoms with E-state index in [1.165, 1.54) is 41.7 Å². The zero-order chi connectivity index (χ0) is 49.1. The van der Waals surface area contributed by atoms with E-state index in [9.17, 15) is 32.8 Å². The van der Waals surface area contributed by atoms with Crippen LogP contribution in [0.4, 0.5) is 21.5 Å². The molecule has 1 amide bonds. The number of pyridine rings is 1. The molecular weight excluding hydrogens is 916 g/mol. The summed E-state index contributed by atoms with van der Waals surface area (Å²) in [4.78, 5) is 39.9. The lowest BCUT2D eigenvalue weighted by Crippen LogP contribution is -2.65. The monoisotopic (exact) mass is 978 g/mol. The molecule has 3 atom stereocenters. The van der Waals surface area contributed by atoms with E-state index >= 15 is 0 Å². The van der Waals surface area contributed by atoms with Gasteiger partial charge in [-0.05, 0) is 112 Å². The highest BCUT2D eigenvalue weighted by molar-refractivity contribution is 7.90. The molecule has 16 nitrogen and oxygen atoms in total. The van der Waals surface area contributed by atoms with Crippen LogP contribution in [0.25, 0.3) is 11.0 Å². The number of nitro groups is 1. The summed E-state index contributed by atoms with van der Waals surface area (Å²) in [7, 11) is -4.72. The lowest BCUT2D eigenvalue weighted by Gasteiger charge is -2.59. The first-order valence-corrected chi connectivity index (χ1v) is 26.2. The van der Waals surface area contributed by atoms with Crippen molar-refractivity contribution in [3.63, 3.8) is 0 Å². The molecule has 10 rings (SSSR count). The number of aromatic amines is 1. The molecule has 372 valence electrons. The van der Waals surface area contributed by atoms with Crippen LogP contribution in [0.1, 0.15) is 106 Å². The number of carbonyl (C=O) groups excluding carboxylic acids is 1. The molecule has 1 saturated carbocycles. The van der Waals surface area contributed by atoms with Crippen LogP contribution in [-0.2, 0) is 10.0 Å². The molecular formula is C52H63FN8O8S. The Morgan fingerprint density at radius 2 is 1.81 bits per heavy atom. The Labute approximate surface area is 408 Å². The average Bonchev–Trinajstić information content (AvgIpc) is 3.71.